The van der Waals surface area contributed by atoms with E-state index in [9.17, 15) is 4.79 Å². The molecule has 1 aliphatic heterocycles. The first-order chi connectivity index (χ1) is 14.2. The van der Waals surface area contributed by atoms with Crippen LogP contribution in [0.1, 0.15) is 16.7 Å². The Morgan fingerprint density at radius 1 is 1.10 bits per heavy atom. The number of nitrogens with one attached hydrogen (secondary N) is 1. The Morgan fingerprint density at radius 3 is 2.76 bits per heavy atom. The molecule has 0 unspecified atom stereocenters. The van der Waals surface area contributed by atoms with Gasteiger partial charge in [-0.15, -0.1) is 0 Å². The normalized spacial score (nSPS) is 16.2. The first-order valence-electron chi connectivity index (χ1n) is 9.15. The standard InChI is InChI=1S/C23H19N3O2S/c1-16-7-2-4-10-19(16)25-23-26-22(27)21(29-23)13-18-9-3-5-11-20(18)28-15-17-8-6-12-24-14-17/h2-14H,15H2,1H3,(H,25,26,27)/b21-13+. The number of amidine groups is 1. The van der Waals surface area contributed by atoms with Gasteiger partial charge in [0.1, 0.15) is 12.4 Å². The summed E-state index contributed by atoms with van der Waals surface area (Å²) in [4.78, 5) is 21.7. The van der Waals surface area contributed by atoms with Crippen molar-refractivity contribution in [3.05, 3.63) is 94.7 Å². The second-order valence-electron chi connectivity index (χ2n) is 6.46. The van der Waals surface area contributed by atoms with Crippen molar-refractivity contribution in [3.8, 4) is 5.75 Å². The number of amides is 1. The molecule has 4 rings (SSSR count). The highest BCUT2D eigenvalue weighted by Crippen LogP contribution is 2.31. The van der Waals surface area contributed by atoms with E-state index < -0.39 is 0 Å². The van der Waals surface area contributed by atoms with Gasteiger partial charge in [-0.05, 0) is 48.5 Å². The van der Waals surface area contributed by atoms with Crippen molar-refractivity contribution in [2.45, 2.75) is 13.5 Å². The molecule has 1 amide bonds. The van der Waals surface area contributed by atoms with E-state index in [1.54, 1.807) is 12.4 Å². The summed E-state index contributed by atoms with van der Waals surface area (Å²) in [5.41, 5.74) is 3.72. The molecule has 3 aromatic rings. The van der Waals surface area contributed by atoms with Gasteiger partial charge in [-0.1, -0.05) is 42.5 Å². The molecule has 0 spiro atoms. The molecular weight excluding hydrogens is 382 g/mol. The minimum Gasteiger partial charge on any atom is -0.488 e. The summed E-state index contributed by atoms with van der Waals surface area (Å²) in [7, 11) is 0. The van der Waals surface area contributed by atoms with Crippen molar-refractivity contribution in [1.82, 2.24) is 10.3 Å². The molecular formula is C23H19N3O2S. The number of aryl methyl sites for hydroxylation is 1. The number of benzene rings is 2. The van der Waals surface area contributed by atoms with Gasteiger partial charge < -0.3 is 10.1 Å². The molecule has 6 heteroatoms. The van der Waals surface area contributed by atoms with Crippen molar-refractivity contribution in [1.29, 1.82) is 0 Å². The van der Waals surface area contributed by atoms with Crippen LogP contribution in [0.2, 0.25) is 0 Å². The van der Waals surface area contributed by atoms with Gasteiger partial charge in [0.05, 0.1) is 10.6 Å². The van der Waals surface area contributed by atoms with Gasteiger partial charge in [0.15, 0.2) is 5.17 Å². The highest BCUT2D eigenvalue weighted by molar-refractivity contribution is 8.18. The predicted molar refractivity (Wildman–Crippen MR) is 117 cm³/mol. The fraction of sp³-hybridized carbons (Fsp3) is 0.0870. The minimum atomic E-state index is -0.163. The quantitative estimate of drug-likeness (QED) is 0.620. The van der Waals surface area contributed by atoms with Crippen LogP contribution in [0.25, 0.3) is 6.08 Å². The highest BCUT2D eigenvalue weighted by Gasteiger charge is 2.24. The van der Waals surface area contributed by atoms with Crippen LogP contribution in [0, 0.1) is 6.92 Å². The van der Waals surface area contributed by atoms with E-state index in [2.05, 4.69) is 15.3 Å². The third-order valence-electron chi connectivity index (χ3n) is 4.31. The SMILES string of the molecule is Cc1ccccc1N=C1NC(=O)/C(=C\c2ccccc2OCc2cccnc2)S1. The van der Waals surface area contributed by atoms with Crippen LogP contribution in [0.5, 0.6) is 5.75 Å². The fourth-order valence-electron chi connectivity index (χ4n) is 2.80. The lowest BCUT2D eigenvalue weighted by Gasteiger charge is -2.09. The van der Waals surface area contributed by atoms with Crippen molar-refractivity contribution in [2.75, 3.05) is 0 Å². The molecule has 29 heavy (non-hydrogen) atoms. The summed E-state index contributed by atoms with van der Waals surface area (Å²) in [6, 6.07) is 19.3. The number of nitrogens with zero attached hydrogens (tertiary/aromatic N) is 2. The van der Waals surface area contributed by atoms with Crippen molar-refractivity contribution >= 4 is 34.6 Å². The van der Waals surface area contributed by atoms with Crippen LogP contribution in [-0.2, 0) is 11.4 Å². The van der Waals surface area contributed by atoms with Gasteiger partial charge in [-0.2, -0.15) is 0 Å². The molecule has 0 bridgehead atoms. The second-order valence-corrected chi connectivity index (χ2v) is 7.49. The number of hydrogen-bond acceptors (Lipinski definition) is 5. The van der Waals surface area contributed by atoms with Crippen molar-refractivity contribution in [2.24, 2.45) is 4.99 Å². The maximum atomic E-state index is 12.4. The van der Waals surface area contributed by atoms with Crippen molar-refractivity contribution < 1.29 is 9.53 Å². The predicted octanol–water partition coefficient (Wildman–Crippen LogP) is 4.86. The Kier molecular flexibility index (Phi) is 5.72. The summed E-state index contributed by atoms with van der Waals surface area (Å²) in [5, 5.41) is 3.41. The summed E-state index contributed by atoms with van der Waals surface area (Å²) in [5.74, 6) is 0.547. The van der Waals surface area contributed by atoms with Crippen molar-refractivity contribution in [3.63, 3.8) is 0 Å². The lowest BCUT2D eigenvalue weighted by atomic mass is 10.2. The molecule has 144 valence electrons. The Balaban J connectivity index is 1.54. The lowest BCUT2D eigenvalue weighted by Crippen LogP contribution is -2.19. The van der Waals surface area contributed by atoms with E-state index in [0.717, 1.165) is 22.4 Å². The van der Waals surface area contributed by atoms with Crippen LogP contribution in [0.4, 0.5) is 5.69 Å². The number of aromatic nitrogens is 1. The molecule has 1 fully saturated rings. The van der Waals surface area contributed by atoms with Gasteiger partial charge in [-0.25, -0.2) is 4.99 Å². The maximum Gasteiger partial charge on any atom is 0.264 e. The summed E-state index contributed by atoms with van der Waals surface area (Å²) in [6.45, 7) is 2.40. The number of hydrogen-bond donors (Lipinski definition) is 1. The van der Waals surface area contributed by atoms with Crippen LogP contribution in [0.15, 0.2) is 83.0 Å². The van der Waals surface area contributed by atoms with E-state index in [1.807, 2.05) is 73.7 Å². The Hall–Kier alpha value is -3.38. The first-order valence-corrected chi connectivity index (χ1v) is 9.96. The monoisotopic (exact) mass is 401 g/mol. The van der Waals surface area contributed by atoms with E-state index >= 15 is 0 Å². The van der Waals surface area contributed by atoms with Gasteiger partial charge in [-0.3, -0.25) is 9.78 Å². The first kappa shape index (κ1) is 19.0. The molecule has 1 N–H and O–H groups in total. The largest absolute Gasteiger partial charge is 0.488 e. The highest BCUT2D eigenvalue weighted by atomic mass is 32.2. The number of ether oxygens (including phenoxy) is 1. The van der Waals surface area contributed by atoms with E-state index in [0.29, 0.717) is 22.4 Å². The Labute approximate surface area is 173 Å². The number of pyridine rings is 1. The van der Waals surface area contributed by atoms with E-state index in [-0.39, 0.29) is 5.91 Å². The third kappa shape index (κ3) is 4.73. The summed E-state index contributed by atoms with van der Waals surface area (Å²) >= 11 is 1.33. The number of carbonyl (C=O) groups excluding carboxylic acids is 1. The number of rotatable bonds is 5. The fourth-order valence-corrected chi connectivity index (χ4v) is 3.62. The lowest BCUT2D eigenvalue weighted by molar-refractivity contribution is -0.115. The summed E-state index contributed by atoms with van der Waals surface area (Å²) < 4.78 is 5.95. The molecule has 0 saturated carbocycles. The second kappa shape index (κ2) is 8.75. The molecule has 1 saturated heterocycles. The molecule has 0 radical (unpaired) electrons. The van der Waals surface area contributed by atoms with E-state index in [4.69, 9.17) is 4.74 Å². The average Bonchev–Trinajstić information content (AvgIpc) is 3.08. The zero-order valence-electron chi connectivity index (χ0n) is 15.8. The number of para-hydroxylation sites is 2. The molecule has 2 aromatic carbocycles. The smallest absolute Gasteiger partial charge is 0.264 e. The van der Waals surface area contributed by atoms with Gasteiger partial charge in [0, 0.05) is 23.5 Å². The molecule has 0 aliphatic carbocycles. The number of aliphatic imine (C=N–C) groups is 1. The van der Waals surface area contributed by atoms with Crippen LogP contribution >= 0.6 is 11.8 Å². The topological polar surface area (TPSA) is 63.6 Å². The minimum absolute atomic E-state index is 0.163. The molecule has 5 nitrogen and oxygen atoms in total. The van der Waals surface area contributed by atoms with Gasteiger partial charge in [0.2, 0.25) is 0 Å². The zero-order chi connectivity index (χ0) is 20.1. The molecule has 1 aliphatic rings. The molecule has 0 atom stereocenters. The van der Waals surface area contributed by atoms with Crippen LogP contribution in [-0.4, -0.2) is 16.1 Å². The summed E-state index contributed by atoms with van der Waals surface area (Å²) in [6.07, 6.45) is 5.34. The molecule has 1 aromatic heterocycles. The number of thioether (sulfide) groups is 1. The van der Waals surface area contributed by atoms with Gasteiger partial charge in [0.25, 0.3) is 5.91 Å². The van der Waals surface area contributed by atoms with Crippen LogP contribution < -0.4 is 10.1 Å². The Morgan fingerprint density at radius 2 is 1.93 bits per heavy atom. The maximum absolute atomic E-state index is 12.4. The average molecular weight is 401 g/mol. The number of carbonyl (C=O) groups is 1. The van der Waals surface area contributed by atoms with E-state index in [1.165, 1.54) is 11.8 Å². The Bertz CT molecular complexity index is 1090. The molecule has 2 heterocycles. The zero-order valence-corrected chi connectivity index (χ0v) is 16.6. The third-order valence-corrected chi connectivity index (χ3v) is 5.22. The van der Waals surface area contributed by atoms with Crippen LogP contribution in [0.3, 0.4) is 0 Å². The van der Waals surface area contributed by atoms with Gasteiger partial charge >= 0.3 is 0 Å².